The second-order valence-corrected chi connectivity index (χ2v) is 9.96. The number of hydrogen-bond donors (Lipinski definition) is 2. The van der Waals surface area contributed by atoms with E-state index >= 15 is 0 Å². The van der Waals surface area contributed by atoms with Gasteiger partial charge in [0.25, 0.3) is 0 Å². The summed E-state index contributed by atoms with van der Waals surface area (Å²) in [6.45, 7) is -0.320. The molecule has 1 aliphatic rings. The Bertz CT molecular complexity index is 1510. The van der Waals surface area contributed by atoms with Crippen LogP contribution in [0.25, 0.3) is 22.3 Å². The van der Waals surface area contributed by atoms with Crippen LogP contribution in [0.3, 0.4) is 0 Å². The smallest absolute Gasteiger partial charge is 0.410 e. The molecule has 40 heavy (non-hydrogen) atoms. The third-order valence-corrected chi connectivity index (χ3v) is 7.29. The molecule has 0 saturated carbocycles. The summed E-state index contributed by atoms with van der Waals surface area (Å²) in [6, 6.07) is 28.9. The molecule has 1 unspecified atom stereocenters. The Hall–Kier alpha value is -4.62. The zero-order valence-corrected chi connectivity index (χ0v) is 22.5. The van der Waals surface area contributed by atoms with Crippen LogP contribution in [-0.2, 0) is 14.3 Å². The number of hydrogen-bond acceptors (Lipinski definition) is 4. The molecule has 0 bridgehead atoms. The Morgan fingerprint density at radius 1 is 0.850 bits per heavy atom. The molecule has 2 N–H and O–H groups in total. The van der Waals surface area contributed by atoms with Gasteiger partial charge in [0, 0.05) is 5.02 Å². The molecule has 5 rings (SSSR count). The summed E-state index contributed by atoms with van der Waals surface area (Å²) in [7, 11) is 1.27. The SMILES string of the molecule is COC(=O)N(CC(=O)NC(CC(=O)O)c1ccc(-c2ccc(Cl)cc2)cc1)C1c2ccccc2-c2ccccc21. The largest absolute Gasteiger partial charge is 0.481 e. The molecule has 0 heterocycles. The second-order valence-electron chi connectivity index (χ2n) is 9.52. The number of methoxy groups -OCH3 is 1. The van der Waals surface area contributed by atoms with Crippen molar-refractivity contribution in [2.45, 2.75) is 18.5 Å². The van der Waals surface area contributed by atoms with E-state index in [1.54, 1.807) is 24.3 Å². The van der Waals surface area contributed by atoms with Crippen LogP contribution < -0.4 is 5.32 Å². The normalized spacial score (nSPS) is 12.7. The number of rotatable bonds is 8. The van der Waals surface area contributed by atoms with Gasteiger partial charge in [0.05, 0.1) is 25.6 Å². The number of carbonyl (C=O) groups is 3. The van der Waals surface area contributed by atoms with E-state index in [4.69, 9.17) is 16.3 Å². The van der Waals surface area contributed by atoms with E-state index in [2.05, 4.69) is 5.32 Å². The summed E-state index contributed by atoms with van der Waals surface area (Å²) >= 11 is 5.99. The standard InChI is InChI=1S/C32H27ClN2O5/c1-40-32(39)35(31-26-8-4-2-6-24(26)25-7-3-5-9-27(25)31)19-29(36)34-28(18-30(37)38)22-12-10-20(11-13-22)21-14-16-23(33)17-15-21/h2-17,28,31H,18-19H2,1H3,(H,34,36)(H,37,38). The summed E-state index contributed by atoms with van der Waals surface area (Å²) in [4.78, 5) is 39.4. The summed E-state index contributed by atoms with van der Waals surface area (Å²) in [6.07, 6.45) is -0.979. The van der Waals surface area contributed by atoms with Gasteiger partial charge in [-0.2, -0.15) is 0 Å². The molecule has 8 heteroatoms. The Labute approximate surface area is 237 Å². The van der Waals surface area contributed by atoms with Crippen molar-refractivity contribution in [2.75, 3.05) is 13.7 Å². The average molecular weight is 555 g/mol. The van der Waals surface area contributed by atoms with Crippen molar-refractivity contribution < 1.29 is 24.2 Å². The van der Waals surface area contributed by atoms with Gasteiger partial charge in [0.15, 0.2) is 0 Å². The third-order valence-electron chi connectivity index (χ3n) is 7.04. The molecule has 0 spiro atoms. The molecular weight excluding hydrogens is 528 g/mol. The zero-order chi connectivity index (χ0) is 28.2. The van der Waals surface area contributed by atoms with Gasteiger partial charge in [-0.15, -0.1) is 0 Å². The van der Waals surface area contributed by atoms with E-state index < -0.39 is 30.1 Å². The monoisotopic (exact) mass is 554 g/mol. The van der Waals surface area contributed by atoms with Crippen LogP contribution in [-0.4, -0.2) is 41.6 Å². The first-order valence-corrected chi connectivity index (χ1v) is 13.1. The highest BCUT2D eigenvalue weighted by Crippen LogP contribution is 2.46. The minimum Gasteiger partial charge on any atom is -0.481 e. The van der Waals surface area contributed by atoms with Crippen molar-refractivity contribution in [3.63, 3.8) is 0 Å². The number of fused-ring (bicyclic) bond motifs is 3. The Kier molecular flexibility index (Phi) is 7.84. The molecule has 0 aliphatic heterocycles. The number of halogens is 1. The van der Waals surface area contributed by atoms with Crippen molar-refractivity contribution in [2.24, 2.45) is 0 Å². The predicted octanol–water partition coefficient (Wildman–Crippen LogP) is 6.48. The second kappa shape index (κ2) is 11.6. The lowest BCUT2D eigenvalue weighted by Crippen LogP contribution is -2.43. The third kappa shape index (κ3) is 5.55. The summed E-state index contributed by atoms with van der Waals surface area (Å²) in [5, 5.41) is 13.0. The number of carboxylic acids is 1. The van der Waals surface area contributed by atoms with E-state index in [1.807, 2.05) is 72.8 Å². The first kappa shape index (κ1) is 27.0. The van der Waals surface area contributed by atoms with Crippen molar-refractivity contribution >= 4 is 29.6 Å². The molecule has 0 aromatic heterocycles. The van der Waals surface area contributed by atoms with E-state index in [0.29, 0.717) is 10.6 Å². The Morgan fingerprint density at radius 2 is 1.38 bits per heavy atom. The fraction of sp³-hybridized carbons (Fsp3) is 0.156. The highest BCUT2D eigenvalue weighted by atomic mass is 35.5. The van der Waals surface area contributed by atoms with Gasteiger partial charge in [-0.25, -0.2) is 4.79 Å². The van der Waals surface area contributed by atoms with Gasteiger partial charge in [-0.1, -0.05) is 96.5 Å². The van der Waals surface area contributed by atoms with Gasteiger partial charge in [-0.3, -0.25) is 14.5 Å². The number of carboxylic acid groups (broad SMARTS) is 1. The van der Waals surface area contributed by atoms with E-state index in [1.165, 1.54) is 12.0 Å². The van der Waals surface area contributed by atoms with Crippen molar-refractivity contribution in [1.82, 2.24) is 10.2 Å². The predicted molar refractivity (Wildman–Crippen MR) is 153 cm³/mol. The average Bonchev–Trinajstić information content (AvgIpc) is 3.30. The molecule has 2 amide bonds. The van der Waals surface area contributed by atoms with E-state index in [0.717, 1.165) is 33.4 Å². The summed E-state index contributed by atoms with van der Waals surface area (Å²) < 4.78 is 5.08. The number of ether oxygens (including phenoxy) is 1. The molecule has 202 valence electrons. The number of carbonyl (C=O) groups excluding carboxylic acids is 2. The van der Waals surface area contributed by atoms with Gasteiger partial charge in [-0.05, 0) is 51.1 Å². The van der Waals surface area contributed by atoms with Crippen LogP contribution in [0.4, 0.5) is 4.79 Å². The molecule has 0 radical (unpaired) electrons. The van der Waals surface area contributed by atoms with Gasteiger partial charge >= 0.3 is 12.1 Å². The number of nitrogens with one attached hydrogen (secondary N) is 1. The molecule has 7 nitrogen and oxygen atoms in total. The fourth-order valence-electron chi connectivity index (χ4n) is 5.22. The molecular formula is C32H27ClN2O5. The van der Waals surface area contributed by atoms with Crippen LogP contribution in [0.1, 0.15) is 35.2 Å². The van der Waals surface area contributed by atoms with Crippen molar-refractivity contribution in [3.05, 3.63) is 119 Å². The van der Waals surface area contributed by atoms with Crippen molar-refractivity contribution in [3.8, 4) is 22.3 Å². The molecule has 0 saturated heterocycles. The lowest BCUT2D eigenvalue weighted by Gasteiger charge is -2.29. The minimum atomic E-state index is -1.06. The lowest BCUT2D eigenvalue weighted by atomic mass is 9.99. The summed E-state index contributed by atoms with van der Waals surface area (Å²) in [5.41, 5.74) is 6.28. The first-order valence-electron chi connectivity index (χ1n) is 12.8. The maximum atomic E-state index is 13.4. The van der Waals surface area contributed by atoms with E-state index in [-0.39, 0.29) is 13.0 Å². The van der Waals surface area contributed by atoms with Crippen LogP contribution >= 0.6 is 11.6 Å². The lowest BCUT2D eigenvalue weighted by molar-refractivity contribution is -0.137. The van der Waals surface area contributed by atoms with Gasteiger partial charge in [0.2, 0.25) is 5.91 Å². The maximum Gasteiger partial charge on any atom is 0.410 e. The van der Waals surface area contributed by atoms with Gasteiger partial charge < -0.3 is 15.2 Å². The van der Waals surface area contributed by atoms with Crippen LogP contribution in [0, 0.1) is 0 Å². The van der Waals surface area contributed by atoms with Crippen LogP contribution in [0.15, 0.2) is 97.1 Å². The highest BCUT2D eigenvalue weighted by Gasteiger charge is 2.37. The topological polar surface area (TPSA) is 95.9 Å². The molecule has 4 aromatic rings. The number of amides is 2. The quantitative estimate of drug-likeness (QED) is 0.260. The molecule has 1 aliphatic carbocycles. The number of nitrogens with zero attached hydrogens (tertiary/aromatic N) is 1. The molecule has 0 fully saturated rings. The van der Waals surface area contributed by atoms with Gasteiger partial charge in [0.1, 0.15) is 6.54 Å². The summed E-state index contributed by atoms with van der Waals surface area (Å²) in [5.74, 6) is -1.56. The first-order chi connectivity index (χ1) is 19.4. The maximum absolute atomic E-state index is 13.4. The number of benzene rings is 4. The fourth-order valence-corrected chi connectivity index (χ4v) is 5.34. The Balaban J connectivity index is 1.39. The van der Waals surface area contributed by atoms with Crippen LogP contribution in [0.2, 0.25) is 5.02 Å². The Morgan fingerprint density at radius 3 is 1.90 bits per heavy atom. The van der Waals surface area contributed by atoms with E-state index in [9.17, 15) is 19.5 Å². The van der Waals surface area contributed by atoms with Crippen LogP contribution in [0.5, 0.6) is 0 Å². The highest BCUT2D eigenvalue weighted by molar-refractivity contribution is 6.30. The zero-order valence-electron chi connectivity index (χ0n) is 21.7. The number of aliphatic carboxylic acids is 1. The molecule has 1 atom stereocenters. The molecule has 4 aromatic carbocycles. The van der Waals surface area contributed by atoms with Crippen molar-refractivity contribution in [1.29, 1.82) is 0 Å². The minimum absolute atomic E-state index is 0.320.